The number of aromatic nitrogens is 2. The summed E-state index contributed by atoms with van der Waals surface area (Å²) in [6.45, 7) is 2.10. The van der Waals surface area contributed by atoms with Gasteiger partial charge in [0.1, 0.15) is 5.82 Å². The van der Waals surface area contributed by atoms with E-state index in [1.807, 2.05) is 12.3 Å². The SMILES string of the molecule is CCc1cnc(N)c2cnccc12. The Balaban J connectivity index is 2.84. The molecule has 0 bridgehead atoms. The molecule has 0 amide bonds. The Kier molecular flexibility index (Phi) is 1.85. The van der Waals surface area contributed by atoms with E-state index in [-0.39, 0.29) is 0 Å². The Hall–Kier alpha value is -1.64. The van der Waals surface area contributed by atoms with Gasteiger partial charge in [0, 0.05) is 24.0 Å². The largest absolute Gasteiger partial charge is 0.383 e. The zero-order valence-corrected chi connectivity index (χ0v) is 7.49. The van der Waals surface area contributed by atoms with Crippen LogP contribution in [0.3, 0.4) is 0 Å². The topological polar surface area (TPSA) is 51.8 Å². The molecule has 0 unspecified atom stereocenters. The van der Waals surface area contributed by atoms with Crippen LogP contribution in [-0.4, -0.2) is 9.97 Å². The summed E-state index contributed by atoms with van der Waals surface area (Å²) in [7, 11) is 0. The molecule has 0 aromatic carbocycles. The maximum absolute atomic E-state index is 5.73. The van der Waals surface area contributed by atoms with E-state index in [4.69, 9.17) is 5.73 Å². The van der Waals surface area contributed by atoms with Gasteiger partial charge in [0.05, 0.1) is 0 Å². The van der Waals surface area contributed by atoms with Gasteiger partial charge in [-0.2, -0.15) is 0 Å². The molecule has 0 saturated carbocycles. The van der Waals surface area contributed by atoms with Gasteiger partial charge in [0.25, 0.3) is 0 Å². The Morgan fingerprint density at radius 3 is 2.92 bits per heavy atom. The lowest BCUT2D eigenvalue weighted by molar-refractivity contribution is 1.13. The van der Waals surface area contributed by atoms with Crippen LogP contribution in [0.2, 0.25) is 0 Å². The Bertz CT molecular complexity index is 437. The molecule has 0 atom stereocenters. The van der Waals surface area contributed by atoms with Crippen LogP contribution in [0.15, 0.2) is 24.7 Å². The molecular weight excluding hydrogens is 162 g/mol. The molecule has 2 aromatic rings. The van der Waals surface area contributed by atoms with Gasteiger partial charge in [-0.25, -0.2) is 4.98 Å². The molecule has 0 aliphatic heterocycles. The zero-order valence-electron chi connectivity index (χ0n) is 7.49. The van der Waals surface area contributed by atoms with Gasteiger partial charge in [-0.15, -0.1) is 0 Å². The maximum Gasteiger partial charge on any atom is 0.132 e. The van der Waals surface area contributed by atoms with E-state index in [1.54, 1.807) is 12.4 Å². The molecule has 3 heteroatoms. The smallest absolute Gasteiger partial charge is 0.132 e. The standard InChI is InChI=1S/C10H11N3/c1-2-7-5-13-10(11)9-6-12-4-3-8(7)9/h3-6H,2H2,1H3,(H2,11,13). The fourth-order valence-electron chi connectivity index (χ4n) is 1.45. The lowest BCUT2D eigenvalue weighted by atomic mass is 10.1. The fraction of sp³-hybridized carbons (Fsp3) is 0.200. The number of hydrogen-bond donors (Lipinski definition) is 1. The number of nitrogens with zero attached hydrogens (tertiary/aromatic N) is 2. The molecule has 0 saturated heterocycles. The average molecular weight is 173 g/mol. The lowest BCUT2D eigenvalue weighted by Crippen LogP contribution is -1.95. The summed E-state index contributed by atoms with van der Waals surface area (Å²) in [4.78, 5) is 8.14. The zero-order chi connectivity index (χ0) is 9.26. The third kappa shape index (κ3) is 1.22. The number of aryl methyl sites for hydroxylation is 1. The lowest BCUT2D eigenvalue weighted by Gasteiger charge is -2.04. The molecule has 3 nitrogen and oxygen atoms in total. The quantitative estimate of drug-likeness (QED) is 0.715. The van der Waals surface area contributed by atoms with Crippen molar-refractivity contribution >= 4 is 16.6 Å². The molecular formula is C10H11N3. The highest BCUT2D eigenvalue weighted by atomic mass is 14.8. The van der Waals surface area contributed by atoms with E-state index < -0.39 is 0 Å². The van der Waals surface area contributed by atoms with Crippen molar-refractivity contribution in [3.05, 3.63) is 30.2 Å². The van der Waals surface area contributed by atoms with Crippen LogP contribution >= 0.6 is 0 Å². The minimum absolute atomic E-state index is 0.556. The third-order valence-electron chi connectivity index (χ3n) is 2.18. The van der Waals surface area contributed by atoms with Gasteiger partial charge in [-0.3, -0.25) is 4.98 Å². The van der Waals surface area contributed by atoms with Crippen molar-refractivity contribution in [2.75, 3.05) is 5.73 Å². The summed E-state index contributed by atoms with van der Waals surface area (Å²) >= 11 is 0. The average Bonchev–Trinajstić information content (AvgIpc) is 2.19. The molecule has 0 aliphatic rings. The first kappa shape index (κ1) is 7.98. The highest BCUT2D eigenvalue weighted by molar-refractivity contribution is 5.92. The van der Waals surface area contributed by atoms with Crippen LogP contribution < -0.4 is 5.73 Å². The highest BCUT2D eigenvalue weighted by Crippen LogP contribution is 2.21. The second-order valence-electron chi connectivity index (χ2n) is 2.94. The molecule has 2 heterocycles. The summed E-state index contributed by atoms with van der Waals surface area (Å²) in [5.74, 6) is 0.556. The minimum Gasteiger partial charge on any atom is -0.383 e. The van der Waals surface area contributed by atoms with Crippen molar-refractivity contribution in [2.45, 2.75) is 13.3 Å². The van der Waals surface area contributed by atoms with E-state index in [0.29, 0.717) is 5.82 Å². The summed E-state index contributed by atoms with van der Waals surface area (Å²) in [5.41, 5.74) is 6.94. The predicted octanol–water partition coefficient (Wildman–Crippen LogP) is 1.77. The number of rotatable bonds is 1. The van der Waals surface area contributed by atoms with Gasteiger partial charge in [-0.1, -0.05) is 6.92 Å². The molecule has 2 aromatic heterocycles. The molecule has 0 fully saturated rings. The Labute approximate surface area is 76.6 Å². The number of nitrogens with two attached hydrogens (primary N) is 1. The van der Waals surface area contributed by atoms with Gasteiger partial charge in [-0.05, 0) is 23.4 Å². The number of anilines is 1. The van der Waals surface area contributed by atoms with Crippen molar-refractivity contribution < 1.29 is 0 Å². The Morgan fingerprint density at radius 1 is 1.31 bits per heavy atom. The number of fused-ring (bicyclic) bond motifs is 1. The molecule has 66 valence electrons. The van der Waals surface area contributed by atoms with Crippen molar-refractivity contribution in [1.29, 1.82) is 0 Å². The van der Waals surface area contributed by atoms with Gasteiger partial charge >= 0.3 is 0 Å². The first-order valence-electron chi connectivity index (χ1n) is 4.30. The van der Waals surface area contributed by atoms with Crippen molar-refractivity contribution in [1.82, 2.24) is 9.97 Å². The van der Waals surface area contributed by atoms with E-state index >= 15 is 0 Å². The van der Waals surface area contributed by atoms with Crippen LogP contribution in [0, 0.1) is 0 Å². The highest BCUT2D eigenvalue weighted by Gasteiger charge is 2.02. The number of hydrogen-bond acceptors (Lipinski definition) is 3. The first-order valence-corrected chi connectivity index (χ1v) is 4.30. The molecule has 0 radical (unpaired) electrons. The van der Waals surface area contributed by atoms with Crippen LogP contribution in [0.1, 0.15) is 12.5 Å². The summed E-state index contributed by atoms with van der Waals surface area (Å²) in [5, 5.41) is 2.10. The van der Waals surface area contributed by atoms with Crippen LogP contribution in [-0.2, 0) is 6.42 Å². The van der Waals surface area contributed by atoms with E-state index in [2.05, 4.69) is 16.9 Å². The van der Waals surface area contributed by atoms with Crippen molar-refractivity contribution in [3.63, 3.8) is 0 Å². The second kappa shape index (κ2) is 3.01. The van der Waals surface area contributed by atoms with E-state index in [0.717, 1.165) is 17.2 Å². The number of nitrogen functional groups attached to an aromatic ring is 1. The van der Waals surface area contributed by atoms with Crippen LogP contribution in [0.5, 0.6) is 0 Å². The van der Waals surface area contributed by atoms with E-state index in [1.165, 1.54) is 5.56 Å². The molecule has 0 aliphatic carbocycles. The van der Waals surface area contributed by atoms with Gasteiger partial charge in [0.15, 0.2) is 0 Å². The predicted molar refractivity (Wildman–Crippen MR) is 53.3 cm³/mol. The number of pyridine rings is 2. The summed E-state index contributed by atoms with van der Waals surface area (Å²) in [6, 6.07) is 1.98. The second-order valence-corrected chi connectivity index (χ2v) is 2.94. The fourth-order valence-corrected chi connectivity index (χ4v) is 1.45. The first-order chi connectivity index (χ1) is 6.33. The maximum atomic E-state index is 5.73. The monoisotopic (exact) mass is 173 g/mol. The van der Waals surface area contributed by atoms with Crippen molar-refractivity contribution in [3.8, 4) is 0 Å². The van der Waals surface area contributed by atoms with Gasteiger partial charge < -0.3 is 5.73 Å². The van der Waals surface area contributed by atoms with E-state index in [9.17, 15) is 0 Å². The molecule has 2 rings (SSSR count). The minimum atomic E-state index is 0.556. The van der Waals surface area contributed by atoms with Gasteiger partial charge in [0.2, 0.25) is 0 Å². The molecule has 2 N–H and O–H groups in total. The van der Waals surface area contributed by atoms with Crippen LogP contribution in [0.4, 0.5) is 5.82 Å². The molecule has 0 spiro atoms. The molecule has 13 heavy (non-hydrogen) atoms. The third-order valence-corrected chi connectivity index (χ3v) is 2.18. The summed E-state index contributed by atoms with van der Waals surface area (Å²) in [6.07, 6.45) is 6.34. The van der Waals surface area contributed by atoms with Crippen molar-refractivity contribution in [2.24, 2.45) is 0 Å². The summed E-state index contributed by atoms with van der Waals surface area (Å²) < 4.78 is 0. The normalized spacial score (nSPS) is 10.5. The van der Waals surface area contributed by atoms with Crippen LogP contribution in [0.25, 0.3) is 10.8 Å². The Morgan fingerprint density at radius 2 is 2.15 bits per heavy atom.